The number of halogens is 1. The minimum atomic E-state index is -0.489. The number of piperidine rings is 1. The van der Waals surface area contributed by atoms with Crippen LogP contribution in [0.15, 0.2) is 24.3 Å². The van der Waals surface area contributed by atoms with Crippen molar-refractivity contribution in [1.82, 2.24) is 4.90 Å². The fourth-order valence-electron chi connectivity index (χ4n) is 3.34. The predicted molar refractivity (Wildman–Crippen MR) is 84.7 cm³/mol. The maximum absolute atomic E-state index is 12.3. The second-order valence-corrected chi connectivity index (χ2v) is 6.60. The molecule has 2 unspecified atom stereocenters. The Bertz CT molecular complexity index is 505. The average molecular weight is 324 g/mol. The van der Waals surface area contributed by atoms with Gasteiger partial charge in [0, 0.05) is 24.7 Å². The van der Waals surface area contributed by atoms with Crippen molar-refractivity contribution in [3.8, 4) is 0 Å². The highest BCUT2D eigenvalue weighted by molar-refractivity contribution is 6.30. The third-order valence-corrected chi connectivity index (χ3v) is 4.97. The molecule has 4 nitrogen and oxygen atoms in total. The molecule has 3 rings (SSSR count). The molecule has 0 radical (unpaired) electrons. The van der Waals surface area contributed by atoms with E-state index in [-0.39, 0.29) is 17.9 Å². The lowest BCUT2D eigenvalue weighted by Gasteiger charge is -2.35. The largest absolute Gasteiger partial charge is 0.388 e. The first-order valence-corrected chi connectivity index (χ1v) is 8.37. The molecule has 0 aliphatic carbocycles. The fourth-order valence-corrected chi connectivity index (χ4v) is 3.47. The monoisotopic (exact) mass is 323 g/mol. The first-order valence-electron chi connectivity index (χ1n) is 7.99. The molecule has 1 N–H and O–H groups in total. The number of ether oxygens (including phenoxy) is 1. The maximum Gasteiger partial charge on any atom is 0.251 e. The number of carbonyl (C=O) groups excluding carboxylic acids is 1. The number of aliphatic hydroxyl groups is 1. The molecule has 0 saturated carbocycles. The van der Waals surface area contributed by atoms with Crippen LogP contribution in [0.3, 0.4) is 0 Å². The van der Waals surface area contributed by atoms with Gasteiger partial charge in [-0.2, -0.15) is 0 Å². The van der Waals surface area contributed by atoms with Gasteiger partial charge in [0.05, 0.1) is 6.10 Å². The predicted octanol–water partition coefficient (Wildman–Crippen LogP) is 2.79. The Morgan fingerprint density at radius 3 is 2.50 bits per heavy atom. The molecule has 1 amide bonds. The summed E-state index contributed by atoms with van der Waals surface area (Å²) >= 11 is 5.88. The van der Waals surface area contributed by atoms with Gasteiger partial charge in [-0.05, 0) is 49.3 Å². The zero-order chi connectivity index (χ0) is 15.5. The minimum absolute atomic E-state index is 0.122. The standard InChI is InChI=1S/C17H22ClNO3/c18-14-5-3-12(4-6-14)16(20)13-7-9-19(10-8-13)17(21)15-2-1-11-22-15/h3-6,13,15-16,20H,1-2,7-11H2. The number of hydrogen-bond donors (Lipinski definition) is 1. The highest BCUT2D eigenvalue weighted by Gasteiger charge is 2.32. The van der Waals surface area contributed by atoms with Crippen LogP contribution in [0.25, 0.3) is 0 Å². The van der Waals surface area contributed by atoms with Gasteiger partial charge in [0.2, 0.25) is 0 Å². The topological polar surface area (TPSA) is 49.8 Å². The first kappa shape index (κ1) is 15.8. The summed E-state index contributed by atoms with van der Waals surface area (Å²) in [5.74, 6) is 0.312. The van der Waals surface area contributed by atoms with Crippen molar-refractivity contribution in [3.05, 3.63) is 34.9 Å². The molecule has 0 bridgehead atoms. The third-order valence-electron chi connectivity index (χ3n) is 4.71. The molecule has 0 aromatic heterocycles. The van der Waals surface area contributed by atoms with E-state index in [9.17, 15) is 9.90 Å². The van der Waals surface area contributed by atoms with E-state index in [4.69, 9.17) is 16.3 Å². The van der Waals surface area contributed by atoms with Crippen LogP contribution in [0.1, 0.15) is 37.4 Å². The molecule has 2 aliphatic heterocycles. The second-order valence-electron chi connectivity index (χ2n) is 6.16. The molecule has 2 atom stereocenters. The zero-order valence-corrected chi connectivity index (χ0v) is 13.3. The van der Waals surface area contributed by atoms with Gasteiger partial charge in [-0.3, -0.25) is 4.79 Å². The highest BCUT2D eigenvalue weighted by Crippen LogP contribution is 2.31. The molecule has 120 valence electrons. The van der Waals surface area contributed by atoms with Gasteiger partial charge < -0.3 is 14.7 Å². The van der Waals surface area contributed by atoms with Gasteiger partial charge in [-0.25, -0.2) is 0 Å². The van der Waals surface area contributed by atoms with Crippen molar-refractivity contribution < 1.29 is 14.6 Å². The van der Waals surface area contributed by atoms with Gasteiger partial charge in [-0.15, -0.1) is 0 Å². The highest BCUT2D eigenvalue weighted by atomic mass is 35.5. The Morgan fingerprint density at radius 1 is 1.23 bits per heavy atom. The summed E-state index contributed by atoms with van der Waals surface area (Å²) in [4.78, 5) is 14.2. The Labute approximate surface area is 136 Å². The number of aliphatic hydroxyl groups excluding tert-OH is 1. The summed E-state index contributed by atoms with van der Waals surface area (Å²) in [7, 11) is 0. The molecule has 1 aromatic carbocycles. The van der Waals surface area contributed by atoms with Crippen molar-refractivity contribution in [2.45, 2.75) is 37.9 Å². The van der Waals surface area contributed by atoms with Crippen molar-refractivity contribution in [3.63, 3.8) is 0 Å². The van der Waals surface area contributed by atoms with Crippen LogP contribution in [0, 0.1) is 5.92 Å². The molecule has 0 spiro atoms. The molecule has 1 aromatic rings. The molecule has 2 fully saturated rings. The lowest BCUT2D eigenvalue weighted by molar-refractivity contribution is -0.143. The summed E-state index contributed by atoms with van der Waals surface area (Å²) in [6, 6.07) is 7.35. The summed E-state index contributed by atoms with van der Waals surface area (Å²) < 4.78 is 5.47. The lowest BCUT2D eigenvalue weighted by Crippen LogP contribution is -2.44. The van der Waals surface area contributed by atoms with Crippen LogP contribution < -0.4 is 0 Å². The van der Waals surface area contributed by atoms with Crippen molar-refractivity contribution in [2.75, 3.05) is 19.7 Å². The number of rotatable bonds is 3. The van der Waals surface area contributed by atoms with Gasteiger partial charge in [0.15, 0.2) is 0 Å². The second kappa shape index (κ2) is 6.99. The number of carbonyl (C=O) groups is 1. The Kier molecular flexibility index (Phi) is 5.01. The molecular weight excluding hydrogens is 302 g/mol. The first-order chi connectivity index (χ1) is 10.6. The molecule has 2 saturated heterocycles. The summed E-state index contributed by atoms with van der Waals surface area (Å²) in [5, 5.41) is 11.2. The van der Waals surface area contributed by atoms with E-state index < -0.39 is 6.10 Å². The summed E-state index contributed by atoms with van der Waals surface area (Å²) in [5.41, 5.74) is 0.897. The summed E-state index contributed by atoms with van der Waals surface area (Å²) in [6.07, 6.45) is 2.73. The summed E-state index contributed by atoms with van der Waals surface area (Å²) in [6.45, 7) is 2.10. The molecule has 2 heterocycles. The van der Waals surface area contributed by atoms with Crippen LogP contribution in [-0.2, 0) is 9.53 Å². The van der Waals surface area contributed by atoms with Gasteiger partial charge in [-0.1, -0.05) is 23.7 Å². The number of hydrogen-bond acceptors (Lipinski definition) is 3. The van der Waals surface area contributed by atoms with E-state index in [2.05, 4.69) is 0 Å². The zero-order valence-electron chi connectivity index (χ0n) is 12.6. The molecule has 5 heteroatoms. The quantitative estimate of drug-likeness (QED) is 0.930. The van der Waals surface area contributed by atoms with Crippen molar-refractivity contribution in [2.24, 2.45) is 5.92 Å². The van der Waals surface area contributed by atoms with E-state index in [0.717, 1.165) is 31.2 Å². The van der Waals surface area contributed by atoms with Crippen LogP contribution >= 0.6 is 11.6 Å². The van der Waals surface area contributed by atoms with E-state index in [0.29, 0.717) is 24.7 Å². The van der Waals surface area contributed by atoms with E-state index in [1.165, 1.54) is 0 Å². The van der Waals surface area contributed by atoms with Crippen LogP contribution in [0.5, 0.6) is 0 Å². The van der Waals surface area contributed by atoms with E-state index in [1.54, 1.807) is 12.1 Å². The van der Waals surface area contributed by atoms with Gasteiger partial charge in [0.25, 0.3) is 5.91 Å². The van der Waals surface area contributed by atoms with Crippen LogP contribution in [0.2, 0.25) is 5.02 Å². The van der Waals surface area contributed by atoms with Crippen LogP contribution in [-0.4, -0.2) is 41.7 Å². The number of likely N-dealkylation sites (tertiary alicyclic amines) is 1. The lowest BCUT2D eigenvalue weighted by atomic mass is 9.87. The average Bonchev–Trinajstić information content (AvgIpc) is 3.09. The third kappa shape index (κ3) is 3.45. The van der Waals surface area contributed by atoms with E-state index >= 15 is 0 Å². The van der Waals surface area contributed by atoms with Crippen LogP contribution in [0.4, 0.5) is 0 Å². The Morgan fingerprint density at radius 2 is 1.91 bits per heavy atom. The molecular formula is C17H22ClNO3. The van der Waals surface area contributed by atoms with Gasteiger partial charge in [0.1, 0.15) is 6.10 Å². The van der Waals surface area contributed by atoms with Crippen molar-refractivity contribution >= 4 is 17.5 Å². The smallest absolute Gasteiger partial charge is 0.251 e. The number of benzene rings is 1. The Balaban J connectivity index is 1.54. The Hall–Kier alpha value is -1.10. The van der Waals surface area contributed by atoms with Gasteiger partial charge >= 0.3 is 0 Å². The van der Waals surface area contributed by atoms with Crippen molar-refractivity contribution in [1.29, 1.82) is 0 Å². The minimum Gasteiger partial charge on any atom is -0.388 e. The number of nitrogens with zero attached hydrogens (tertiary/aromatic N) is 1. The van der Waals surface area contributed by atoms with E-state index in [1.807, 2.05) is 17.0 Å². The fraction of sp³-hybridized carbons (Fsp3) is 0.588. The molecule has 2 aliphatic rings. The SMILES string of the molecule is O=C(C1CCCO1)N1CCC(C(O)c2ccc(Cl)cc2)CC1. The maximum atomic E-state index is 12.3. The number of amides is 1. The molecule has 22 heavy (non-hydrogen) atoms. The normalized spacial score (nSPS) is 24.5.